The van der Waals surface area contributed by atoms with Gasteiger partial charge >= 0.3 is 0 Å². The summed E-state index contributed by atoms with van der Waals surface area (Å²) in [7, 11) is 0. The number of carbonyl (C=O) groups excluding carboxylic acids is 1. The summed E-state index contributed by atoms with van der Waals surface area (Å²) in [5.41, 5.74) is 0.0395. The zero-order valence-electron chi connectivity index (χ0n) is 9.45. The van der Waals surface area contributed by atoms with E-state index in [0.717, 1.165) is 5.76 Å². The molecule has 0 spiro atoms. The Balaban J connectivity index is 1.91. The maximum absolute atomic E-state index is 13.5. The molecule has 0 aliphatic heterocycles. The van der Waals surface area contributed by atoms with E-state index in [9.17, 15) is 9.18 Å². The lowest BCUT2D eigenvalue weighted by Gasteiger charge is -2.05. The minimum absolute atomic E-state index is 0.0395. The largest absolute Gasteiger partial charge is 0.469 e. The third-order valence-electron chi connectivity index (χ3n) is 2.41. The molecule has 94 valence electrons. The molecule has 3 nitrogen and oxygen atoms in total. The van der Waals surface area contributed by atoms with E-state index >= 15 is 0 Å². The van der Waals surface area contributed by atoms with E-state index in [1.807, 2.05) is 6.07 Å². The van der Waals surface area contributed by atoms with Crippen LogP contribution in [0.3, 0.4) is 0 Å². The van der Waals surface area contributed by atoms with Crippen LogP contribution >= 0.6 is 15.9 Å². The lowest BCUT2D eigenvalue weighted by Crippen LogP contribution is -2.26. The fourth-order valence-corrected chi connectivity index (χ4v) is 1.86. The Hall–Kier alpha value is -1.62. The zero-order chi connectivity index (χ0) is 13.0. The van der Waals surface area contributed by atoms with Gasteiger partial charge in [0.25, 0.3) is 5.91 Å². The lowest BCUT2D eigenvalue weighted by molar-refractivity contribution is 0.0949. The monoisotopic (exact) mass is 311 g/mol. The van der Waals surface area contributed by atoms with Crippen molar-refractivity contribution in [2.45, 2.75) is 6.42 Å². The van der Waals surface area contributed by atoms with Gasteiger partial charge in [0, 0.05) is 17.4 Å². The van der Waals surface area contributed by atoms with Crippen LogP contribution in [-0.2, 0) is 6.42 Å². The Kier molecular flexibility index (Phi) is 4.15. The van der Waals surface area contributed by atoms with Gasteiger partial charge in [0.15, 0.2) is 0 Å². The van der Waals surface area contributed by atoms with Crippen molar-refractivity contribution in [2.24, 2.45) is 0 Å². The molecule has 1 amide bonds. The highest BCUT2D eigenvalue weighted by Gasteiger charge is 2.11. The van der Waals surface area contributed by atoms with Crippen LogP contribution in [0, 0.1) is 5.82 Å². The molecule has 0 aliphatic rings. The highest BCUT2D eigenvalue weighted by atomic mass is 79.9. The van der Waals surface area contributed by atoms with Gasteiger partial charge in [-0.25, -0.2) is 4.39 Å². The van der Waals surface area contributed by atoms with Gasteiger partial charge in [-0.05, 0) is 30.3 Å². The van der Waals surface area contributed by atoms with E-state index < -0.39 is 11.7 Å². The summed E-state index contributed by atoms with van der Waals surface area (Å²) in [6.45, 7) is 0.405. The molecule has 0 fully saturated rings. The van der Waals surface area contributed by atoms with Crippen LogP contribution in [0.2, 0.25) is 0 Å². The molecule has 0 bridgehead atoms. The molecule has 0 atom stereocenters. The third kappa shape index (κ3) is 3.20. The molecule has 0 aliphatic carbocycles. The minimum Gasteiger partial charge on any atom is -0.469 e. The molecule has 5 heteroatoms. The highest BCUT2D eigenvalue weighted by Crippen LogP contribution is 2.15. The van der Waals surface area contributed by atoms with Crippen LogP contribution in [0.4, 0.5) is 4.39 Å². The van der Waals surface area contributed by atoms with Crippen LogP contribution in [0.25, 0.3) is 0 Å². The first-order valence-corrected chi connectivity index (χ1v) is 6.22. The van der Waals surface area contributed by atoms with Gasteiger partial charge in [0.05, 0.1) is 11.8 Å². The van der Waals surface area contributed by atoms with Crippen molar-refractivity contribution in [2.75, 3.05) is 6.54 Å². The number of furan rings is 1. The van der Waals surface area contributed by atoms with Gasteiger partial charge in [-0.1, -0.05) is 15.9 Å². The quantitative estimate of drug-likeness (QED) is 0.942. The smallest absolute Gasteiger partial charge is 0.254 e. The van der Waals surface area contributed by atoms with Gasteiger partial charge in [0.2, 0.25) is 0 Å². The fourth-order valence-electron chi connectivity index (χ4n) is 1.52. The topological polar surface area (TPSA) is 42.2 Å². The molecule has 0 saturated heterocycles. The van der Waals surface area contributed by atoms with Crippen molar-refractivity contribution in [1.82, 2.24) is 5.32 Å². The minimum atomic E-state index is -0.542. The zero-order valence-corrected chi connectivity index (χ0v) is 11.0. The van der Waals surface area contributed by atoms with Crippen molar-refractivity contribution in [3.8, 4) is 0 Å². The maximum Gasteiger partial charge on any atom is 0.254 e. The summed E-state index contributed by atoms with van der Waals surface area (Å²) in [5.74, 6) is -0.182. The molecular weight excluding hydrogens is 301 g/mol. The van der Waals surface area contributed by atoms with E-state index in [4.69, 9.17) is 4.42 Å². The van der Waals surface area contributed by atoms with E-state index in [1.54, 1.807) is 18.4 Å². The Morgan fingerprint density at radius 1 is 1.39 bits per heavy atom. The molecule has 0 radical (unpaired) electrons. The summed E-state index contributed by atoms with van der Waals surface area (Å²) < 4.78 is 19.2. The van der Waals surface area contributed by atoms with Crippen molar-refractivity contribution >= 4 is 21.8 Å². The summed E-state index contributed by atoms with van der Waals surface area (Å²) >= 11 is 3.14. The molecule has 0 unspecified atom stereocenters. The number of halogens is 2. The first-order valence-electron chi connectivity index (χ1n) is 5.42. The van der Waals surface area contributed by atoms with Crippen LogP contribution in [-0.4, -0.2) is 12.5 Å². The molecule has 1 aromatic carbocycles. The molecule has 0 saturated carbocycles. The van der Waals surface area contributed by atoms with Crippen LogP contribution in [0.5, 0.6) is 0 Å². The molecule has 18 heavy (non-hydrogen) atoms. The summed E-state index contributed by atoms with van der Waals surface area (Å²) in [5, 5.41) is 2.64. The number of hydrogen-bond acceptors (Lipinski definition) is 2. The Morgan fingerprint density at radius 3 is 2.89 bits per heavy atom. The van der Waals surface area contributed by atoms with Crippen molar-refractivity contribution in [3.05, 3.63) is 58.2 Å². The molecule has 1 aromatic heterocycles. The van der Waals surface area contributed by atoms with Gasteiger partial charge in [-0.2, -0.15) is 0 Å². The van der Waals surface area contributed by atoms with Gasteiger partial charge in [-0.3, -0.25) is 4.79 Å². The average molecular weight is 312 g/mol. The first kappa shape index (κ1) is 12.8. The third-order valence-corrected chi connectivity index (χ3v) is 2.91. The number of nitrogens with one attached hydrogen (secondary N) is 1. The first-order chi connectivity index (χ1) is 8.66. The number of benzene rings is 1. The van der Waals surface area contributed by atoms with Crippen molar-refractivity contribution in [1.29, 1.82) is 0 Å². The molecule has 2 rings (SSSR count). The van der Waals surface area contributed by atoms with E-state index in [1.165, 1.54) is 12.1 Å². The number of amides is 1. The standard InChI is InChI=1S/C13H11BrFNO2/c14-9-3-4-11(12(15)8-9)13(17)16-6-5-10-2-1-7-18-10/h1-4,7-8H,5-6H2,(H,16,17). The van der Waals surface area contributed by atoms with Crippen molar-refractivity contribution in [3.63, 3.8) is 0 Å². The van der Waals surface area contributed by atoms with E-state index in [2.05, 4.69) is 21.2 Å². The normalized spacial score (nSPS) is 10.3. The summed E-state index contributed by atoms with van der Waals surface area (Å²) in [6.07, 6.45) is 2.16. The van der Waals surface area contributed by atoms with Crippen molar-refractivity contribution < 1.29 is 13.6 Å². The summed E-state index contributed by atoms with van der Waals surface area (Å²) in [6, 6.07) is 7.95. The number of carbonyl (C=O) groups is 1. The van der Waals surface area contributed by atoms with Crippen LogP contribution in [0.15, 0.2) is 45.5 Å². The summed E-state index contributed by atoms with van der Waals surface area (Å²) in [4.78, 5) is 11.7. The second-order valence-electron chi connectivity index (χ2n) is 3.71. The maximum atomic E-state index is 13.5. The highest BCUT2D eigenvalue weighted by molar-refractivity contribution is 9.10. The number of hydrogen-bond donors (Lipinski definition) is 1. The van der Waals surface area contributed by atoms with E-state index in [0.29, 0.717) is 17.4 Å². The van der Waals surface area contributed by atoms with Crippen LogP contribution < -0.4 is 5.32 Å². The Bertz CT molecular complexity index is 540. The predicted octanol–water partition coefficient (Wildman–Crippen LogP) is 3.15. The Morgan fingerprint density at radius 2 is 2.22 bits per heavy atom. The van der Waals surface area contributed by atoms with Crippen LogP contribution in [0.1, 0.15) is 16.1 Å². The van der Waals surface area contributed by atoms with Gasteiger partial charge in [-0.15, -0.1) is 0 Å². The SMILES string of the molecule is O=C(NCCc1ccco1)c1ccc(Br)cc1F. The lowest BCUT2D eigenvalue weighted by atomic mass is 10.2. The van der Waals surface area contributed by atoms with Gasteiger partial charge < -0.3 is 9.73 Å². The van der Waals surface area contributed by atoms with Gasteiger partial charge in [0.1, 0.15) is 11.6 Å². The molecule has 2 aromatic rings. The fraction of sp³-hybridized carbons (Fsp3) is 0.154. The second kappa shape index (κ2) is 5.82. The average Bonchev–Trinajstić information content (AvgIpc) is 2.81. The number of rotatable bonds is 4. The predicted molar refractivity (Wildman–Crippen MR) is 68.8 cm³/mol. The van der Waals surface area contributed by atoms with E-state index in [-0.39, 0.29) is 5.56 Å². The molecule has 1 heterocycles. The second-order valence-corrected chi connectivity index (χ2v) is 4.63. The molecule has 1 N–H and O–H groups in total. The molecular formula is C13H11BrFNO2. The Labute approximate surface area is 112 Å².